The van der Waals surface area contributed by atoms with E-state index in [2.05, 4.69) is 0 Å². The molecule has 5 nitrogen and oxygen atoms in total. The summed E-state index contributed by atoms with van der Waals surface area (Å²) < 4.78 is 4.96. The summed E-state index contributed by atoms with van der Waals surface area (Å²) in [6, 6.07) is 4.98. The molecule has 0 heterocycles. The minimum absolute atomic E-state index is 0.0110. The van der Waals surface area contributed by atoms with Crippen LogP contribution in [-0.4, -0.2) is 31.0 Å². The maximum absolute atomic E-state index is 10.9. The molecule has 5 heteroatoms. The van der Waals surface area contributed by atoms with Crippen LogP contribution in [0.25, 0.3) is 6.08 Å². The summed E-state index contributed by atoms with van der Waals surface area (Å²) in [5.41, 5.74) is 0.515. The highest BCUT2D eigenvalue weighted by Gasteiger charge is 2.18. The normalized spacial score (nSPS) is 10.4. The van der Waals surface area contributed by atoms with Gasteiger partial charge in [0, 0.05) is 14.1 Å². The molecule has 0 aromatic heterocycles. The van der Waals surface area contributed by atoms with Crippen molar-refractivity contribution in [2.75, 3.05) is 21.2 Å². The molecule has 86 valence electrons. The number of nitrogens with zero attached hydrogens (tertiary/aromatic N) is 2. The van der Waals surface area contributed by atoms with Crippen molar-refractivity contribution in [3.05, 3.63) is 40.1 Å². The van der Waals surface area contributed by atoms with E-state index in [0.717, 1.165) is 0 Å². The Labute approximate surface area is 94.1 Å². The van der Waals surface area contributed by atoms with E-state index in [4.69, 9.17) is 4.74 Å². The highest BCUT2D eigenvalue weighted by atomic mass is 16.6. The lowest BCUT2D eigenvalue weighted by Gasteiger charge is -2.06. The van der Waals surface area contributed by atoms with Gasteiger partial charge >= 0.3 is 5.69 Å². The molecule has 0 saturated carbocycles. The number of nitro groups is 1. The van der Waals surface area contributed by atoms with E-state index in [1.54, 1.807) is 30.5 Å². The van der Waals surface area contributed by atoms with Crippen molar-refractivity contribution in [2.24, 2.45) is 0 Å². The monoisotopic (exact) mass is 222 g/mol. The van der Waals surface area contributed by atoms with Crippen molar-refractivity contribution < 1.29 is 9.66 Å². The van der Waals surface area contributed by atoms with Crippen molar-refractivity contribution in [1.29, 1.82) is 0 Å². The topological polar surface area (TPSA) is 55.6 Å². The number of hydrogen-bond donors (Lipinski definition) is 0. The molecule has 0 bridgehead atoms. The van der Waals surface area contributed by atoms with Crippen LogP contribution in [-0.2, 0) is 0 Å². The van der Waals surface area contributed by atoms with Crippen LogP contribution in [0, 0.1) is 10.1 Å². The number of para-hydroxylation sites is 1. The Morgan fingerprint density at radius 3 is 2.62 bits per heavy atom. The van der Waals surface area contributed by atoms with Crippen LogP contribution < -0.4 is 4.74 Å². The highest BCUT2D eigenvalue weighted by Crippen LogP contribution is 2.31. The van der Waals surface area contributed by atoms with Gasteiger partial charge in [-0.2, -0.15) is 0 Å². The van der Waals surface area contributed by atoms with Gasteiger partial charge in [-0.3, -0.25) is 10.1 Å². The van der Waals surface area contributed by atoms with E-state index in [1.165, 1.54) is 7.11 Å². The Morgan fingerprint density at radius 2 is 2.12 bits per heavy atom. The molecule has 1 rings (SSSR count). The average Bonchev–Trinajstić information content (AvgIpc) is 2.25. The summed E-state index contributed by atoms with van der Waals surface area (Å²) in [6.45, 7) is 0. The molecule has 0 N–H and O–H groups in total. The summed E-state index contributed by atoms with van der Waals surface area (Å²) in [6.07, 6.45) is 3.43. The Bertz CT molecular complexity index is 414. The zero-order valence-corrected chi connectivity index (χ0v) is 9.51. The van der Waals surface area contributed by atoms with Crippen LogP contribution in [0.4, 0.5) is 5.69 Å². The van der Waals surface area contributed by atoms with Crippen molar-refractivity contribution in [1.82, 2.24) is 4.90 Å². The van der Waals surface area contributed by atoms with Crippen LogP contribution in [0.3, 0.4) is 0 Å². The first-order valence-electron chi connectivity index (χ1n) is 4.72. The molecule has 0 aliphatic heterocycles. The second-order valence-electron chi connectivity index (χ2n) is 3.43. The zero-order chi connectivity index (χ0) is 12.1. The molecule has 0 aliphatic carbocycles. The summed E-state index contributed by atoms with van der Waals surface area (Å²) in [5.74, 6) is 0.269. The number of ether oxygens (including phenoxy) is 1. The van der Waals surface area contributed by atoms with E-state index >= 15 is 0 Å². The summed E-state index contributed by atoms with van der Waals surface area (Å²) in [4.78, 5) is 12.3. The van der Waals surface area contributed by atoms with Gasteiger partial charge in [-0.05, 0) is 24.4 Å². The average molecular weight is 222 g/mol. The molecule has 0 spiro atoms. The molecule has 0 radical (unpaired) electrons. The van der Waals surface area contributed by atoms with Crippen molar-refractivity contribution >= 4 is 11.8 Å². The van der Waals surface area contributed by atoms with E-state index in [0.29, 0.717) is 5.56 Å². The lowest BCUT2D eigenvalue weighted by atomic mass is 10.1. The maximum Gasteiger partial charge on any atom is 0.318 e. The van der Waals surface area contributed by atoms with E-state index in [-0.39, 0.29) is 11.4 Å². The van der Waals surface area contributed by atoms with Crippen LogP contribution in [0.1, 0.15) is 5.56 Å². The summed E-state index contributed by atoms with van der Waals surface area (Å²) >= 11 is 0. The van der Waals surface area contributed by atoms with E-state index in [9.17, 15) is 10.1 Å². The third-order valence-corrected chi connectivity index (χ3v) is 1.98. The number of hydrogen-bond acceptors (Lipinski definition) is 4. The quantitative estimate of drug-likeness (QED) is 0.578. The Morgan fingerprint density at radius 1 is 1.44 bits per heavy atom. The minimum atomic E-state index is -0.436. The van der Waals surface area contributed by atoms with Gasteiger partial charge in [0.05, 0.1) is 17.6 Å². The SMILES string of the molecule is COc1cccc(C=CN(C)C)c1[N+](=O)[O-]. The van der Waals surface area contributed by atoms with Crippen LogP contribution >= 0.6 is 0 Å². The smallest absolute Gasteiger partial charge is 0.318 e. The fourth-order valence-electron chi connectivity index (χ4n) is 1.26. The highest BCUT2D eigenvalue weighted by molar-refractivity contribution is 5.66. The molecular formula is C11H14N2O3. The third-order valence-electron chi connectivity index (χ3n) is 1.98. The van der Waals surface area contributed by atoms with Crippen molar-refractivity contribution in [3.8, 4) is 5.75 Å². The lowest BCUT2D eigenvalue weighted by Crippen LogP contribution is -2.01. The van der Waals surface area contributed by atoms with E-state index in [1.807, 2.05) is 19.0 Å². The molecule has 0 saturated heterocycles. The molecule has 0 unspecified atom stereocenters. The van der Waals surface area contributed by atoms with Crippen molar-refractivity contribution in [3.63, 3.8) is 0 Å². The number of rotatable bonds is 4. The zero-order valence-electron chi connectivity index (χ0n) is 9.51. The van der Waals surface area contributed by atoms with Gasteiger partial charge in [0.2, 0.25) is 0 Å². The largest absolute Gasteiger partial charge is 0.490 e. The molecule has 1 aromatic carbocycles. The molecular weight excluding hydrogens is 208 g/mol. The molecule has 0 amide bonds. The number of nitro benzene ring substituents is 1. The predicted octanol–water partition coefficient (Wildman–Crippen LogP) is 2.14. The van der Waals surface area contributed by atoms with Crippen molar-refractivity contribution in [2.45, 2.75) is 0 Å². The van der Waals surface area contributed by atoms with Crippen LogP contribution in [0.15, 0.2) is 24.4 Å². The fourth-order valence-corrected chi connectivity index (χ4v) is 1.26. The van der Waals surface area contributed by atoms with Crippen LogP contribution in [0.2, 0.25) is 0 Å². The van der Waals surface area contributed by atoms with Gasteiger partial charge in [0.15, 0.2) is 5.75 Å². The predicted molar refractivity (Wildman–Crippen MR) is 62.4 cm³/mol. The Balaban J connectivity index is 3.22. The Hall–Kier alpha value is -2.04. The molecule has 0 fully saturated rings. The fraction of sp³-hybridized carbons (Fsp3) is 0.273. The van der Waals surface area contributed by atoms with E-state index < -0.39 is 4.92 Å². The lowest BCUT2D eigenvalue weighted by molar-refractivity contribution is -0.386. The summed E-state index contributed by atoms with van der Waals surface area (Å²) in [7, 11) is 5.12. The third kappa shape index (κ3) is 2.73. The molecule has 0 atom stereocenters. The summed E-state index contributed by atoms with van der Waals surface area (Å²) in [5, 5.41) is 10.9. The number of methoxy groups -OCH3 is 1. The standard InChI is InChI=1S/C11H14N2O3/c1-12(2)8-7-9-5-4-6-10(16-3)11(9)13(14)15/h4-8H,1-3H3. The first-order valence-corrected chi connectivity index (χ1v) is 4.72. The molecule has 16 heavy (non-hydrogen) atoms. The molecule has 1 aromatic rings. The van der Waals surface area contributed by atoms with Gasteiger partial charge < -0.3 is 9.64 Å². The van der Waals surface area contributed by atoms with Crippen LogP contribution in [0.5, 0.6) is 5.75 Å². The first-order chi connectivity index (χ1) is 7.56. The molecule has 0 aliphatic rings. The van der Waals surface area contributed by atoms with Gasteiger partial charge in [-0.1, -0.05) is 6.07 Å². The van der Waals surface area contributed by atoms with Gasteiger partial charge in [-0.15, -0.1) is 0 Å². The Kier molecular flexibility index (Phi) is 3.88. The first kappa shape index (κ1) is 12.0. The van der Waals surface area contributed by atoms with Gasteiger partial charge in [0.1, 0.15) is 0 Å². The van der Waals surface area contributed by atoms with Gasteiger partial charge in [0.25, 0.3) is 0 Å². The minimum Gasteiger partial charge on any atom is -0.490 e. The maximum atomic E-state index is 10.9. The number of benzene rings is 1. The second-order valence-corrected chi connectivity index (χ2v) is 3.43. The second kappa shape index (κ2) is 5.16. The van der Waals surface area contributed by atoms with Gasteiger partial charge in [-0.25, -0.2) is 0 Å².